The first-order chi connectivity index (χ1) is 7.74. The summed E-state index contributed by atoms with van der Waals surface area (Å²) in [6.45, 7) is 0. The number of aromatic carboxylic acids is 1. The van der Waals surface area contributed by atoms with Crippen molar-refractivity contribution in [3.05, 3.63) is 24.0 Å². The van der Waals surface area contributed by atoms with Gasteiger partial charge in [-0.3, -0.25) is 0 Å². The molecule has 0 unspecified atom stereocenters. The molecule has 2 heterocycles. The third-order valence-electron chi connectivity index (χ3n) is 2.51. The van der Waals surface area contributed by atoms with Crippen molar-refractivity contribution in [3.63, 3.8) is 0 Å². The normalized spacial score (nSPS) is 15.2. The van der Waals surface area contributed by atoms with Crippen molar-refractivity contribution in [1.29, 1.82) is 0 Å². The van der Waals surface area contributed by atoms with Crippen molar-refractivity contribution in [3.8, 4) is 0 Å². The maximum Gasteiger partial charge on any atom is 0.356 e. The fraction of sp³-hybridized carbons (Fsp3) is 0.300. The molecule has 6 heteroatoms. The van der Waals surface area contributed by atoms with Crippen LogP contribution >= 0.6 is 0 Å². The average molecular weight is 218 g/mol. The Kier molecular flexibility index (Phi) is 1.82. The Morgan fingerprint density at radius 3 is 3.06 bits per heavy atom. The van der Waals surface area contributed by atoms with Crippen molar-refractivity contribution in [1.82, 2.24) is 14.6 Å². The van der Waals surface area contributed by atoms with Crippen molar-refractivity contribution >= 4 is 17.4 Å². The number of nitrogens with one attached hydrogen (secondary N) is 1. The molecule has 82 valence electrons. The van der Waals surface area contributed by atoms with E-state index in [1.807, 2.05) is 0 Å². The Labute approximate surface area is 90.9 Å². The van der Waals surface area contributed by atoms with Gasteiger partial charge in [0.05, 0.1) is 0 Å². The second kappa shape index (κ2) is 3.19. The Hall–Kier alpha value is -2.11. The monoisotopic (exact) mass is 218 g/mol. The molecule has 1 saturated carbocycles. The third kappa shape index (κ3) is 1.48. The molecule has 1 aliphatic carbocycles. The molecule has 1 fully saturated rings. The Morgan fingerprint density at radius 2 is 2.38 bits per heavy atom. The summed E-state index contributed by atoms with van der Waals surface area (Å²) >= 11 is 0. The van der Waals surface area contributed by atoms with Crippen LogP contribution in [0.5, 0.6) is 0 Å². The molecular formula is C10H10N4O2. The third-order valence-corrected chi connectivity index (χ3v) is 2.51. The molecule has 2 aromatic rings. The lowest BCUT2D eigenvalue weighted by Crippen LogP contribution is -2.07. The molecular weight excluding hydrogens is 208 g/mol. The van der Waals surface area contributed by atoms with Crippen LogP contribution in [0, 0.1) is 0 Å². The highest BCUT2D eigenvalue weighted by Gasteiger charge is 2.22. The minimum absolute atomic E-state index is 0.0116. The number of nitrogens with zero attached hydrogens (tertiary/aromatic N) is 3. The molecule has 3 rings (SSSR count). The van der Waals surface area contributed by atoms with Crippen LogP contribution in [0.15, 0.2) is 18.3 Å². The zero-order chi connectivity index (χ0) is 11.1. The summed E-state index contributed by atoms with van der Waals surface area (Å²) in [4.78, 5) is 14.9. The van der Waals surface area contributed by atoms with Crippen LogP contribution in [-0.4, -0.2) is 31.7 Å². The highest BCUT2D eigenvalue weighted by molar-refractivity contribution is 5.86. The summed E-state index contributed by atoms with van der Waals surface area (Å²) in [6.07, 6.45) is 3.95. The molecule has 0 radical (unpaired) electrons. The van der Waals surface area contributed by atoms with Crippen LogP contribution in [0.3, 0.4) is 0 Å². The Bertz CT molecular complexity index is 559. The molecule has 6 nitrogen and oxygen atoms in total. The van der Waals surface area contributed by atoms with E-state index in [0.29, 0.717) is 11.7 Å². The first-order valence-corrected chi connectivity index (χ1v) is 5.08. The van der Waals surface area contributed by atoms with Gasteiger partial charge in [0.25, 0.3) is 0 Å². The number of anilines is 1. The lowest BCUT2D eigenvalue weighted by molar-refractivity contribution is 0.0690. The van der Waals surface area contributed by atoms with Gasteiger partial charge in [-0.05, 0) is 18.9 Å². The summed E-state index contributed by atoms with van der Waals surface area (Å²) in [5.41, 5.74) is 0.556. The predicted molar refractivity (Wildman–Crippen MR) is 56.6 cm³/mol. The van der Waals surface area contributed by atoms with Crippen LogP contribution in [0.1, 0.15) is 23.3 Å². The zero-order valence-electron chi connectivity index (χ0n) is 8.42. The van der Waals surface area contributed by atoms with Gasteiger partial charge in [0.15, 0.2) is 11.3 Å². The van der Waals surface area contributed by atoms with Gasteiger partial charge in [-0.25, -0.2) is 9.78 Å². The highest BCUT2D eigenvalue weighted by Crippen LogP contribution is 2.24. The maximum atomic E-state index is 10.8. The smallest absolute Gasteiger partial charge is 0.356 e. The molecule has 0 amide bonds. The minimum Gasteiger partial charge on any atom is -0.476 e. The number of fused-ring (bicyclic) bond motifs is 1. The highest BCUT2D eigenvalue weighted by atomic mass is 16.4. The molecule has 1 aliphatic rings. The average Bonchev–Trinajstić information content (AvgIpc) is 2.95. The summed E-state index contributed by atoms with van der Waals surface area (Å²) in [7, 11) is 0. The Balaban J connectivity index is 2.09. The van der Waals surface area contributed by atoms with E-state index in [0.717, 1.165) is 18.7 Å². The van der Waals surface area contributed by atoms with Gasteiger partial charge in [-0.1, -0.05) is 0 Å². The van der Waals surface area contributed by atoms with Crippen molar-refractivity contribution < 1.29 is 9.90 Å². The number of rotatable bonds is 3. The summed E-state index contributed by atoms with van der Waals surface area (Å²) in [5, 5.41) is 16.1. The van der Waals surface area contributed by atoms with Gasteiger partial charge >= 0.3 is 5.97 Å². The van der Waals surface area contributed by atoms with Crippen molar-refractivity contribution in [2.75, 3.05) is 5.32 Å². The van der Waals surface area contributed by atoms with Crippen LogP contribution in [0.2, 0.25) is 0 Å². The number of carbonyl (C=O) groups is 1. The molecule has 0 aliphatic heterocycles. The van der Waals surface area contributed by atoms with Crippen LogP contribution in [0.25, 0.3) is 5.65 Å². The Morgan fingerprint density at radius 1 is 1.56 bits per heavy atom. The van der Waals surface area contributed by atoms with E-state index < -0.39 is 5.97 Å². The molecule has 0 bridgehead atoms. The number of hydrogen-bond donors (Lipinski definition) is 2. The van der Waals surface area contributed by atoms with E-state index in [-0.39, 0.29) is 5.69 Å². The topological polar surface area (TPSA) is 79.5 Å². The number of hydrogen-bond acceptors (Lipinski definition) is 4. The first-order valence-electron chi connectivity index (χ1n) is 5.08. The van der Waals surface area contributed by atoms with Crippen molar-refractivity contribution in [2.24, 2.45) is 0 Å². The lowest BCUT2D eigenvalue weighted by Gasteiger charge is -2.05. The van der Waals surface area contributed by atoms with Crippen molar-refractivity contribution in [2.45, 2.75) is 18.9 Å². The van der Waals surface area contributed by atoms with Gasteiger partial charge < -0.3 is 10.4 Å². The van der Waals surface area contributed by atoms with E-state index in [1.165, 1.54) is 10.6 Å². The van der Waals surface area contributed by atoms with E-state index >= 15 is 0 Å². The van der Waals surface area contributed by atoms with E-state index in [4.69, 9.17) is 5.11 Å². The van der Waals surface area contributed by atoms with Gasteiger partial charge in [0, 0.05) is 18.3 Å². The zero-order valence-corrected chi connectivity index (χ0v) is 8.42. The summed E-state index contributed by atoms with van der Waals surface area (Å²) in [6, 6.07) is 3.74. The summed E-state index contributed by atoms with van der Waals surface area (Å²) < 4.78 is 1.53. The van der Waals surface area contributed by atoms with Gasteiger partial charge in [-0.15, -0.1) is 0 Å². The van der Waals surface area contributed by atoms with Gasteiger partial charge in [0.2, 0.25) is 0 Å². The number of aromatic nitrogens is 3. The molecule has 0 saturated heterocycles. The van der Waals surface area contributed by atoms with Gasteiger partial charge in [-0.2, -0.15) is 9.61 Å². The van der Waals surface area contributed by atoms with Gasteiger partial charge in [0.1, 0.15) is 5.82 Å². The fourth-order valence-corrected chi connectivity index (χ4v) is 1.55. The SMILES string of the molecule is O=C(O)c1cc2nccc(NC3CC3)n2n1. The fourth-order valence-electron chi connectivity index (χ4n) is 1.55. The quantitative estimate of drug-likeness (QED) is 0.803. The standard InChI is InChI=1S/C10H10N4O2/c15-10(16)7-5-9-11-4-3-8(14(9)13-7)12-6-1-2-6/h3-6,12H,1-2H2,(H,15,16). The molecule has 0 aromatic carbocycles. The van der Waals surface area contributed by atoms with Crippen LogP contribution in [0.4, 0.5) is 5.82 Å². The van der Waals surface area contributed by atoms with E-state index in [9.17, 15) is 4.79 Å². The molecule has 2 N–H and O–H groups in total. The molecule has 0 spiro atoms. The second-order valence-electron chi connectivity index (χ2n) is 3.85. The molecule has 0 atom stereocenters. The second-order valence-corrected chi connectivity index (χ2v) is 3.85. The lowest BCUT2D eigenvalue weighted by atomic mass is 10.4. The van der Waals surface area contributed by atoms with Crippen LogP contribution in [-0.2, 0) is 0 Å². The van der Waals surface area contributed by atoms with Crippen LogP contribution < -0.4 is 5.32 Å². The minimum atomic E-state index is -1.04. The number of carboxylic acids is 1. The first kappa shape index (κ1) is 9.14. The molecule has 16 heavy (non-hydrogen) atoms. The summed E-state index contributed by atoms with van der Waals surface area (Å²) in [5.74, 6) is -0.247. The number of carboxylic acid groups (broad SMARTS) is 1. The van der Waals surface area contributed by atoms with E-state index in [2.05, 4.69) is 15.4 Å². The molecule has 2 aromatic heterocycles. The maximum absolute atomic E-state index is 10.8. The van der Waals surface area contributed by atoms with E-state index in [1.54, 1.807) is 12.3 Å². The largest absolute Gasteiger partial charge is 0.476 e. The predicted octanol–water partition coefficient (Wildman–Crippen LogP) is 1.00.